The molecule has 88 valence electrons. The second kappa shape index (κ2) is 5.36. The highest BCUT2D eigenvalue weighted by Crippen LogP contribution is 2.10. The summed E-state index contributed by atoms with van der Waals surface area (Å²) < 4.78 is 0. The molecule has 2 N–H and O–H groups in total. The third-order valence-electron chi connectivity index (χ3n) is 2.29. The van der Waals surface area contributed by atoms with Crippen LogP contribution in [-0.2, 0) is 6.54 Å². The molecular weight excluding hydrogens is 216 g/mol. The summed E-state index contributed by atoms with van der Waals surface area (Å²) in [4.78, 5) is 22.6. The van der Waals surface area contributed by atoms with Crippen molar-refractivity contribution in [2.75, 3.05) is 6.54 Å². The second-order valence-electron chi connectivity index (χ2n) is 3.61. The van der Waals surface area contributed by atoms with Gasteiger partial charge in [0.05, 0.1) is 5.69 Å². The van der Waals surface area contributed by atoms with Gasteiger partial charge < -0.3 is 10.3 Å². The van der Waals surface area contributed by atoms with Crippen LogP contribution in [0.5, 0.6) is 0 Å². The topological polar surface area (TPSA) is 70.7 Å². The third-order valence-corrected chi connectivity index (χ3v) is 2.29. The first-order valence-electron chi connectivity index (χ1n) is 5.51. The van der Waals surface area contributed by atoms with Gasteiger partial charge in [-0.2, -0.15) is 0 Å². The second-order valence-corrected chi connectivity index (χ2v) is 3.61. The molecule has 2 heterocycles. The zero-order valence-corrected chi connectivity index (χ0v) is 9.60. The molecule has 2 aromatic rings. The maximum Gasteiger partial charge on any atom is 0.251 e. The standard InChI is InChI=1S/C12H14N4O/c1-2-13-8-10-6-11(17)16-12(15-10)9-4-3-5-14-7-9/h3-7,13H,2,8H2,1H3,(H,15,16,17). The average Bonchev–Trinajstić information content (AvgIpc) is 2.37. The number of nitrogens with one attached hydrogen (secondary N) is 2. The quantitative estimate of drug-likeness (QED) is 0.820. The first kappa shape index (κ1) is 11.5. The minimum Gasteiger partial charge on any atom is -0.311 e. The molecule has 0 atom stereocenters. The van der Waals surface area contributed by atoms with Crippen LogP contribution in [0.2, 0.25) is 0 Å². The van der Waals surface area contributed by atoms with Crippen molar-refractivity contribution in [2.45, 2.75) is 13.5 Å². The fraction of sp³-hybridized carbons (Fsp3) is 0.250. The van der Waals surface area contributed by atoms with Crippen LogP contribution >= 0.6 is 0 Å². The fourth-order valence-electron chi connectivity index (χ4n) is 1.49. The summed E-state index contributed by atoms with van der Waals surface area (Å²) in [6, 6.07) is 5.18. The van der Waals surface area contributed by atoms with Gasteiger partial charge in [0.1, 0.15) is 5.82 Å². The van der Waals surface area contributed by atoms with Crippen LogP contribution in [0.1, 0.15) is 12.6 Å². The zero-order chi connectivity index (χ0) is 12.1. The molecule has 5 nitrogen and oxygen atoms in total. The van der Waals surface area contributed by atoms with E-state index in [0.717, 1.165) is 17.8 Å². The van der Waals surface area contributed by atoms with Crippen LogP contribution in [-0.4, -0.2) is 21.5 Å². The van der Waals surface area contributed by atoms with Crippen molar-refractivity contribution in [1.82, 2.24) is 20.3 Å². The molecule has 0 aliphatic rings. The highest BCUT2D eigenvalue weighted by molar-refractivity contribution is 5.52. The van der Waals surface area contributed by atoms with Crippen LogP contribution in [0.15, 0.2) is 35.4 Å². The average molecular weight is 230 g/mol. The van der Waals surface area contributed by atoms with Crippen LogP contribution < -0.4 is 10.9 Å². The Hall–Kier alpha value is -2.01. The molecule has 0 aliphatic carbocycles. The minimum atomic E-state index is -0.147. The molecule has 5 heteroatoms. The Balaban J connectivity index is 2.35. The number of rotatable bonds is 4. The zero-order valence-electron chi connectivity index (χ0n) is 9.60. The lowest BCUT2D eigenvalue weighted by molar-refractivity contribution is 0.708. The Morgan fingerprint density at radius 1 is 1.47 bits per heavy atom. The highest BCUT2D eigenvalue weighted by atomic mass is 16.1. The molecule has 0 radical (unpaired) electrons. The Morgan fingerprint density at radius 2 is 2.35 bits per heavy atom. The van der Waals surface area contributed by atoms with Crippen LogP contribution in [0.25, 0.3) is 11.4 Å². The molecule has 0 amide bonds. The molecule has 2 aromatic heterocycles. The minimum absolute atomic E-state index is 0.147. The SMILES string of the molecule is CCNCc1cc(=O)[nH]c(-c2cccnc2)n1. The third kappa shape index (κ3) is 2.98. The van der Waals surface area contributed by atoms with E-state index in [1.807, 2.05) is 19.1 Å². The molecule has 0 aromatic carbocycles. The molecular formula is C12H14N4O. The number of hydrogen-bond donors (Lipinski definition) is 2. The molecule has 0 bridgehead atoms. The van der Waals surface area contributed by atoms with Crippen molar-refractivity contribution in [3.8, 4) is 11.4 Å². The van der Waals surface area contributed by atoms with Crippen molar-refractivity contribution in [1.29, 1.82) is 0 Å². The van der Waals surface area contributed by atoms with Gasteiger partial charge in [-0.25, -0.2) is 4.98 Å². The van der Waals surface area contributed by atoms with E-state index in [0.29, 0.717) is 12.4 Å². The van der Waals surface area contributed by atoms with Crippen molar-refractivity contribution in [3.05, 3.63) is 46.6 Å². The summed E-state index contributed by atoms with van der Waals surface area (Å²) in [5.41, 5.74) is 1.39. The van der Waals surface area contributed by atoms with E-state index in [4.69, 9.17) is 0 Å². The largest absolute Gasteiger partial charge is 0.311 e. The van der Waals surface area contributed by atoms with Gasteiger partial charge in [0.15, 0.2) is 0 Å². The molecule has 0 saturated carbocycles. The normalized spacial score (nSPS) is 10.4. The van der Waals surface area contributed by atoms with Crippen LogP contribution in [0, 0.1) is 0 Å². The van der Waals surface area contributed by atoms with E-state index in [2.05, 4.69) is 20.3 Å². The van der Waals surface area contributed by atoms with Gasteiger partial charge in [-0.3, -0.25) is 9.78 Å². The summed E-state index contributed by atoms with van der Waals surface area (Å²) in [5, 5.41) is 3.14. The summed E-state index contributed by atoms with van der Waals surface area (Å²) >= 11 is 0. The number of pyridine rings is 1. The lowest BCUT2D eigenvalue weighted by atomic mass is 10.2. The lowest BCUT2D eigenvalue weighted by Gasteiger charge is -2.04. The number of aromatic amines is 1. The van der Waals surface area contributed by atoms with Gasteiger partial charge in [-0.15, -0.1) is 0 Å². The van der Waals surface area contributed by atoms with Crippen molar-refractivity contribution < 1.29 is 0 Å². The highest BCUT2D eigenvalue weighted by Gasteiger charge is 2.03. The maximum absolute atomic E-state index is 11.5. The monoisotopic (exact) mass is 230 g/mol. The molecule has 0 unspecified atom stereocenters. The van der Waals surface area contributed by atoms with E-state index in [9.17, 15) is 4.79 Å². The number of aromatic nitrogens is 3. The predicted molar refractivity (Wildman–Crippen MR) is 65.5 cm³/mol. The molecule has 0 fully saturated rings. The fourth-order valence-corrected chi connectivity index (χ4v) is 1.49. The van der Waals surface area contributed by atoms with Crippen molar-refractivity contribution in [2.24, 2.45) is 0 Å². The molecule has 17 heavy (non-hydrogen) atoms. The van der Waals surface area contributed by atoms with Gasteiger partial charge in [-0.05, 0) is 18.7 Å². The predicted octanol–water partition coefficient (Wildman–Crippen LogP) is 0.941. The number of nitrogens with zero attached hydrogens (tertiary/aromatic N) is 2. The Bertz CT molecular complexity index is 536. The van der Waals surface area contributed by atoms with Crippen molar-refractivity contribution in [3.63, 3.8) is 0 Å². The van der Waals surface area contributed by atoms with Gasteiger partial charge in [0, 0.05) is 30.6 Å². The lowest BCUT2D eigenvalue weighted by Crippen LogP contribution is -2.17. The molecule has 2 rings (SSSR count). The Kier molecular flexibility index (Phi) is 3.62. The summed E-state index contributed by atoms with van der Waals surface area (Å²) in [7, 11) is 0. The van der Waals surface area contributed by atoms with Crippen LogP contribution in [0.4, 0.5) is 0 Å². The number of hydrogen-bond acceptors (Lipinski definition) is 4. The smallest absolute Gasteiger partial charge is 0.251 e. The first-order valence-corrected chi connectivity index (χ1v) is 5.51. The Labute approximate surface area is 99.0 Å². The molecule has 0 saturated heterocycles. The van der Waals surface area contributed by atoms with E-state index in [1.165, 1.54) is 6.07 Å². The van der Waals surface area contributed by atoms with Gasteiger partial charge >= 0.3 is 0 Å². The molecule has 0 aliphatic heterocycles. The van der Waals surface area contributed by atoms with Gasteiger partial charge in [-0.1, -0.05) is 6.92 Å². The van der Waals surface area contributed by atoms with Crippen LogP contribution in [0.3, 0.4) is 0 Å². The van der Waals surface area contributed by atoms with E-state index in [-0.39, 0.29) is 5.56 Å². The summed E-state index contributed by atoms with van der Waals surface area (Å²) in [6.45, 7) is 3.44. The Morgan fingerprint density at radius 3 is 3.06 bits per heavy atom. The summed E-state index contributed by atoms with van der Waals surface area (Å²) in [6.07, 6.45) is 3.36. The summed E-state index contributed by atoms with van der Waals surface area (Å²) in [5.74, 6) is 0.554. The van der Waals surface area contributed by atoms with Gasteiger partial charge in [0.2, 0.25) is 0 Å². The van der Waals surface area contributed by atoms with E-state index < -0.39 is 0 Å². The van der Waals surface area contributed by atoms with Crippen molar-refractivity contribution >= 4 is 0 Å². The van der Waals surface area contributed by atoms with E-state index >= 15 is 0 Å². The van der Waals surface area contributed by atoms with E-state index in [1.54, 1.807) is 12.4 Å². The maximum atomic E-state index is 11.5. The van der Waals surface area contributed by atoms with Gasteiger partial charge in [0.25, 0.3) is 5.56 Å². The number of H-pyrrole nitrogens is 1. The first-order chi connectivity index (χ1) is 8.29. The molecule has 0 spiro atoms.